The zero-order chi connectivity index (χ0) is 13.8. The number of nitrogens with two attached hydrogens (primary N) is 1. The molecule has 2 nitrogen and oxygen atoms in total. The second-order valence-electron chi connectivity index (χ2n) is 6.06. The Labute approximate surface area is 117 Å². The van der Waals surface area contributed by atoms with E-state index in [4.69, 9.17) is 10.5 Å². The molecule has 1 fully saturated rings. The molecule has 2 N–H and O–H groups in total. The molecule has 4 atom stereocenters. The van der Waals surface area contributed by atoms with E-state index in [1.54, 1.807) is 0 Å². The molecule has 0 aliphatic heterocycles. The van der Waals surface area contributed by atoms with E-state index in [-0.39, 0.29) is 6.04 Å². The van der Waals surface area contributed by atoms with Crippen molar-refractivity contribution in [3.63, 3.8) is 0 Å². The summed E-state index contributed by atoms with van der Waals surface area (Å²) in [5.74, 6) is 2.57. The molecule has 0 amide bonds. The van der Waals surface area contributed by atoms with Crippen molar-refractivity contribution in [2.45, 2.75) is 58.6 Å². The van der Waals surface area contributed by atoms with Crippen molar-refractivity contribution in [2.24, 2.45) is 17.6 Å². The third-order valence-electron chi connectivity index (χ3n) is 4.60. The summed E-state index contributed by atoms with van der Waals surface area (Å²) in [5.41, 5.74) is 7.32. The van der Waals surface area contributed by atoms with Gasteiger partial charge < -0.3 is 10.5 Å². The molecule has 1 aromatic carbocycles. The van der Waals surface area contributed by atoms with Crippen molar-refractivity contribution in [1.82, 2.24) is 0 Å². The summed E-state index contributed by atoms with van der Waals surface area (Å²) in [6, 6.07) is 8.32. The molecular formula is C17H27NO. The lowest BCUT2D eigenvalue weighted by molar-refractivity contribution is 0.0993. The van der Waals surface area contributed by atoms with Gasteiger partial charge >= 0.3 is 0 Å². The van der Waals surface area contributed by atoms with Crippen LogP contribution in [0.3, 0.4) is 0 Å². The molecule has 1 aliphatic carbocycles. The topological polar surface area (TPSA) is 35.2 Å². The highest BCUT2D eigenvalue weighted by Gasteiger charge is 2.26. The van der Waals surface area contributed by atoms with Gasteiger partial charge in [0.15, 0.2) is 0 Å². The van der Waals surface area contributed by atoms with Gasteiger partial charge in [0.1, 0.15) is 5.75 Å². The molecule has 1 saturated carbocycles. The Morgan fingerprint density at radius 1 is 1.21 bits per heavy atom. The summed E-state index contributed by atoms with van der Waals surface area (Å²) in [5, 5.41) is 0. The monoisotopic (exact) mass is 261 g/mol. The number of hydrogen-bond donors (Lipinski definition) is 1. The van der Waals surface area contributed by atoms with Crippen LogP contribution in [-0.4, -0.2) is 6.10 Å². The summed E-state index contributed by atoms with van der Waals surface area (Å²) in [7, 11) is 0. The van der Waals surface area contributed by atoms with E-state index >= 15 is 0 Å². The Morgan fingerprint density at radius 2 is 1.95 bits per heavy atom. The minimum absolute atomic E-state index is 0.0798. The van der Waals surface area contributed by atoms with Crippen LogP contribution >= 0.6 is 0 Å². The maximum absolute atomic E-state index is 6.25. The molecule has 2 rings (SSSR count). The Kier molecular flexibility index (Phi) is 4.87. The Bertz CT molecular complexity index is 404. The number of hydrogen-bond acceptors (Lipinski definition) is 2. The average Bonchev–Trinajstić information content (AvgIpc) is 2.43. The minimum atomic E-state index is 0.0798. The number of benzene rings is 1. The Hall–Kier alpha value is -1.02. The standard InChI is InChI=1S/C17H27NO/c1-4-16(18)15-7-5-6-8-17(15)19-14-10-9-12(2)13(3)11-14/h5-8,12-14,16H,4,9-11,18H2,1-3H3/t12?,13?,14?,16-/m0/s1. The third kappa shape index (κ3) is 3.50. The first-order chi connectivity index (χ1) is 9.11. The molecule has 1 aromatic rings. The Morgan fingerprint density at radius 3 is 2.63 bits per heavy atom. The van der Waals surface area contributed by atoms with Crippen LogP contribution in [0.1, 0.15) is 58.1 Å². The lowest BCUT2D eigenvalue weighted by atomic mass is 9.80. The van der Waals surface area contributed by atoms with Gasteiger partial charge in [-0.05, 0) is 43.6 Å². The van der Waals surface area contributed by atoms with Gasteiger partial charge in [-0.15, -0.1) is 0 Å². The van der Waals surface area contributed by atoms with Crippen LogP contribution in [0.2, 0.25) is 0 Å². The second kappa shape index (κ2) is 6.42. The normalized spacial score (nSPS) is 28.9. The second-order valence-corrected chi connectivity index (χ2v) is 6.06. The highest BCUT2D eigenvalue weighted by atomic mass is 16.5. The van der Waals surface area contributed by atoms with E-state index in [0.717, 1.165) is 36.0 Å². The van der Waals surface area contributed by atoms with Gasteiger partial charge in [-0.3, -0.25) is 0 Å². The summed E-state index contributed by atoms with van der Waals surface area (Å²) in [6.07, 6.45) is 4.90. The van der Waals surface area contributed by atoms with Gasteiger partial charge in [0.2, 0.25) is 0 Å². The highest BCUT2D eigenvalue weighted by molar-refractivity contribution is 5.35. The summed E-state index contributed by atoms with van der Waals surface area (Å²) >= 11 is 0. The molecule has 0 heterocycles. The molecule has 1 aliphatic rings. The van der Waals surface area contributed by atoms with Crippen molar-refractivity contribution < 1.29 is 4.74 Å². The van der Waals surface area contributed by atoms with Gasteiger partial charge in [-0.2, -0.15) is 0 Å². The molecule has 0 saturated heterocycles. The minimum Gasteiger partial charge on any atom is -0.490 e. The first-order valence-electron chi connectivity index (χ1n) is 7.63. The maximum atomic E-state index is 6.25. The first kappa shape index (κ1) is 14.4. The van der Waals surface area contributed by atoms with Crippen LogP contribution in [0.15, 0.2) is 24.3 Å². The zero-order valence-electron chi connectivity index (χ0n) is 12.4. The van der Waals surface area contributed by atoms with Crippen molar-refractivity contribution in [2.75, 3.05) is 0 Å². The van der Waals surface area contributed by atoms with Crippen LogP contribution in [0.4, 0.5) is 0 Å². The SMILES string of the molecule is CC[C@H](N)c1ccccc1OC1CCC(C)C(C)C1. The molecule has 0 bridgehead atoms. The van der Waals surface area contributed by atoms with E-state index in [9.17, 15) is 0 Å². The van der Waals surface area contributed by atoms with Gasteiger partial charge in [-0.1, -0.05) is 39.0 Å². The van der Waals surface area contributed by atoms with Crippen LogP contribution in [0.5, 0.6) is 5.75 Å². The molecule has 19 heavy (non-hydrogen) atoms. The molecule has 106 valence electrons. The van der Waals surface area contributed by atoms with Crippen LogP contribution in [0, 0.1) is 11.8 Å². The fourth-order valence-electron chi connectivity index (χ4n) is 2.90. The molecule has 0 radical (unpaired) electrons. The van der Waals surface area contributed by atoms with Gasteiger partial charge in [0, 0.05) is 11.6 Å². The van der Waals surface area contributed by atoms with Crippen molar-refractivity contribution in [1.29, 1.82) is 0 Å². The van der Waals surface area contributed by atoms with E-state index in [1.807, 2.05) is 12.1 Å². The number of rotatable bonds is 4. The van der Waals surface area contributed by atoms with E-state index in [2.05, 4.69) is 32.9 Å². The molecule has 3 unspecified atom stereocenters. The van der Waals surface area contributed by atoms with Crippen molar-refractivity contribution >= 4 is 0 Å². The number of ether oxygens (including phenoxy) is 1. The van der Waals surface area contributed by atoms with E-state index in [1.165, 1.54) is 12.8 Å². The fraction of sp³-hybridized carbons (Fsp3) is 0.647. The summed E-state index contributed by atoms with van der Waals surface area (Å²) in [4.78, 5) is 0. The van der Waals surface area contributed by atoms with Crippen LogP contribution < -0.4 is 10.5 Å². The Balaban J connectivity index is 2.07. The largest absolute Gasteiger partial charge is 0.490 e. The van der Waals surface area contributed by atoms with Crippen LogP contribution in [-0.2, 0) is 0 Å². The van der Waals surface area contributed by atoms with E-state index in [0.29, 0.717) is 6.10 Å². The van der Waals surface area contributed by atoms with E-state index < -0.39 is 0 Å². The highest BCUT2D eigenvalue weighted by Crippen LogP contribution is 2.34. The number of para-hydroxylation sites is 1. The smallest absolute Gasteiger partial charge is 0.124 e. The summed E-state index contributed by atoms with van der Waals surface area (Å²) in [6.45, 7) is 6.80. The lowest BCUT2D eigenvalue weighted by Crippen LogP contribution is -2.29. The van der Waals surface area contributed by atoms with Gasteiger partial charge in [0.05, 0.1) is 6.10 Å². The predicted molar refractivity (Wildman–Crippen MR) is 80.3 cm³/mol. The molecule has 2 heteroatoms. The average molecular weight is 261 g/mol. The molecule has 0 aromatic heterocycles. The van der Waals surface area contributed by atoms with Crippen LogP contribution in [0.25, 0.3) is 0 Å². The molecular weight excluding hydrogens is 234 g/mol. The van der Waals surface area contributed by atoms with Gasteiger partial charge in [-0.25, -0.2) is 0 Å². The first-order valence-corrected chi connectivity index (χ1v) is 7.63. The third-order valence-corrected chi connectivity index (χ3v) is 4.60. The predicted octanol–water partition coefficient (Wildman–Crippen LogP) is 4.30. The van der Waals surface area contributed by atoms with Crippen molar-refractivity contribution in [3.8, 4) is 5.75 Å². The lowest BCUT2D eigenvalue weighted by Gasteiger charge is -2.33. The quantitative estimate of drug-likeness (QED) is 0.877. The molecule has 0 spiro atoms. The maximum Gasteiger partial charge on any atom is 0.124 e. The fourth-order valence-corrected chi connectivity index (χ4v) is 2.90. The van der Waals surface area contributed by atoms with Gasteiger partial charge in [0.25, 0.3) is 0 Å². The zero-order valence-corrected chi connectivity index (χ0v) is 12.4. The van der Waals surface area contributed by atoms with Crippen molar-refractivity contribution in [3.05, 3.63) is 29.8 Å². The summed E-state index contributed by atoms with van der Waals surface area (Å²) < 4.78 is 6.25.